The van der Waals surface area contributed by atoms with Gasteiger partial charge >= 0.3 is 0 Å². The minimum Gasteiger partial charge on any atom is -0.506 e. The Bertz CT molecular complexity index is 872. The SMILES string of the molecule is O=C(NC1=CC(=O)C2OC2C1O)c1ccc2ccccc2c1O. The van der Waals surface area contributed by atoms with Gasteiger partial charge in [0.1, 0.15) is 24.1 Å². The Balaban J connectivity index is 1.65. The first-order chi connectivity index (χ1) is 11.1. The molecule has 1 aliphatic carbocycles. The standard InChI is InChI=1S/C17H13NO5/c19-12-7-11(14(21)16-15(12)23-16)18-17(22)10-6-5-8-3-1-2-4-9(8)13(10)20/h1-7,14-16,20-21H,(H,18,22). The summed E-state index contributed by atoms with van der Waals surface area (Å²) in [6.45, 7) is 0. The molecule has 23 heavy (non-hydrogen) atoms. The molecule has 3 unspecified atom stereocenters. The molecular formula is C17H13NO5. The van der Waals surface area contributed by atoms with Crippen LogP contribution in [0.3, 0.4) is 0 Å². The number of phenols is 1. The van der Waals surface area contributed by atoms with E-state index in [-0.39, 0.29) is 22.8 Å². The maximum atomic E-state index is 12.4. The van der Waals surface area contributed by atoms with Crippen LogP contribution in [-0.4, -0.2) is 40.2 Å². The van der Waals surface area contributed by atoms with E-state index < -0.39 is 24.2 Å². The van der Waals surface area contributed by atoms with Gasteiger partial charge in [-0.2, -0.15) is 0 Å². The van der Waals surface area contributed by atoms with Crippen molar-refractivity contribution in [2.24, 2.45) is 0 Å². The molecule has 0 bridgehead atoms. The lowest BCUT2D eigenvalue weighted by molar-refractivity contribution is -0.116. The van der Waals surface area contributed by atoms with Gasteiger partial charge in [-0.25, -0.2) is 0 Å². The zero-order valence-electron chi connectivity index (χ0n) is 11.9. The summed E-state index contributed by atoms with van der Waals surface area (Å²) >= 11 is 0. The van der Waals surface area contributed by atoms with Crippen LogP contribution in [-0.2, 0) is 9.53 Å². The zero-order chi connectivity index (χ0) is 16.1. The van der Waals surface area contributed by atoms with E-state index in [0.717, 1.165) is 5.39 Å². The fraction of sp³-hybridized carbons (Fsp3) is 0.176. The normalized spacial score (nSPS) is 25.7. The van der Waals surface area contributed by atoms with E-state index in [0.29, 0.717) is 5.39 Å². The van der Waals surface area contributed by atoms with Crippen molar-refractivity contribution in [3.8, 4) is 5.75 Å². The average molecular weight is 311 g/mol. The third-order valence-corrected chi connectivity index (χ3v) is 4.14. The van der Waals surface area contributed by atoms with E-state index in [9.17, 15) is 19.8 Å². The van der Waals surface area contributed by atoms with Gasteiger partial charge in [-0.3, -0.25) is 9.59 Å². The van der Waals surface area contributed by atoms with Crippen LogP contribution < -0.4 is 5.32 Å². The summed E-state index contributed by atoms with van der Waals surface area (Å²) in [5.74, 6) is -1.01. The lowest BCUT2D eigenvalue weighted by Crippen LogP contribution is -2.37. The van der Waals surface area contributed by atoms with Crippen molar-refractivity contribution in [1.82, 2.24) is 5.32 Å². The molecule has 2 aliphatic rings. The van der Waals surface area contributed by atoms with Gasteiger partial charge in [-0.15, -0.1) is 0 Å². The second-order valence-electron chi connectivity index (χ2n) is 5.61. The van der Waals surface area contributed by atoms with Gasteiger partial charge in [0.15, 0.2) is 5.78 Å². The molecule has 1 fully saturated rings. The summed E-state index contributed by atoms with van der Waals surface area (Å²) in [4.78, 5) is 24.0. The highest BCUT2D eigenvalue weighted by molar-refractivity contribution is 6.05. The van der Waals surface area contributed by atoms with Crippen LogP contribution in [0.25, 0.3) is 10.8 Å². The molecule has 1 saturated heterocycles. The fourth-order valence-corrected chi connectivity index (χ4v) is 2.84. The first kappa shape index (κ1) is 13.9. The minimum absolute atomic E-state index is 0.0723. The number of ketones is 1. The number of amides is 1. The Morgan fingerprint density at radius 3 is 2.78 bits per heavy atom. The number of phenolic OH excluding ortho intramolecular Hbond substituents is 1. The Morgan fingerprint density at radius 1 is 1.17 bits per heavy atom. The van der Waals surface area contributed by atoms with Gasteiger partial charge in [0.25, 0.3) is 5.91 Å². The number of ether oxygens (including phenoxy) is 1. The lowest BCUT2D eigenvalue weighted by atomic mass is 10.00. The summed E-state index contributed by atoms with van der Waals surface area (Å²) in [6, 6.07) is 10.4. The molecule has 0 radical (unpaired) electrons. The van der Waals surface area contributed by atoms with Crippen molar-refractivity contribution in [3.05, 3.63) is 53.7 Å². The Hall–Kier alpha value is -2.70. The van der Waals surface area contributed by atoms with Crippen LogP contribution >= 0.6 is 0 Å². The highest BCUT2D eigenvalue weighted by Crippen LogP contribution is 2.34. The van der Waals surface area contributed by atoms with Gasteiger partial charge in [0.05, 0.1) is 11.3 Å². The molecule has 3 atom stereocenters. The third kappa shape index (κ3) is 2.19. The fourth-order valence-electron chi connectivity index (χ4n) is 2.84. The maximum Gasteiger partial charge on any atom is 0.259 e. The van der Waals surface area contributed by atoms with Crippen LogP contribution in [0.5, 0.6) is 5.75 Å². The summed E-state index contributed by atoms with van der Waals surface area (Å²) in [6.07, 6.45) is -1.06. The molecule has 1 amide bonds. The van der Waals surface area contributed by atoms with E-state index in [4.69, 9.17) is 4.74 Å². The molecule has 6 heteroatoms. The van der Waals surface area contributed by atoms with Gasteiger partial charge in [-0.1, -0.05) is 30.3 Å². The number of aromatic hydroxyl groups is 1. The molecule has 6 nitrogen and oxygen atoms in total. The number of carbonyl (C=O) groups excluding carboxylic acids is 2. The van der Waals surface area contributed by atoms with Crippen molar-refractivity contribution in [3.63, 3.8) is 0 Å². The number of benzene rings is 2. The molecule has 4 rings (SSSR count). The second-order valence-corrected chi connectivity index (χ2v) is 5.61. The van der Waals surface area contributed by atoms with E-state index >= 15 is 0 Å². The predicted molar refractivity (Wildman–Crippen MR) is 80.8 cm³/mol. The Morgan fingerprint density at radius 2 is 1.96 bits per heavy atom. The number of epoxide rings is 1. The number of fused-ring (bicyclic) bond motifs is 2. The van der Waals surface area contributed by atoms with E-state index in [1.165, 1.54) is 12.1 Å². The molecule has 116 valence electrons. The third-order valence-electron chi connectivity index (χ3n) is 4.14. The van der Waals surface area contributed by atoms with Crippen molar-refractivity contribution in [2.45, 2.75) is 18.3 Å². The molecule has 1 heterocycles. The highest BCUT2D eigenvalue weighted by Gasteiger charge is 2.53. The van der Waals surface area contributed by atoms with Crippen LogP contribution in [0, 0.1) is 0 Å². The van der Waals surface area contributed by atoms with Crippen LogP contribution in [0.1, 0.15) is 10.4 Å². The maximum absolute atomic E-state index is 12.4. The van der Waals surface area contributed by atoms with Gasteiger partial charge in [0, 0.05) is 11.5 Å². The number of hydrogen-bond donors (Lipinski definition) is 3. The number of carbonyl (C=O) groups is 2. The first-order valence-electron chi connectivity index (χ1n) is 7.17. The lowest BCUT2D eigenvalue weighted by Gasteiger charge is -2.17. The Kier molecular flexibility index (Phi) is 2.97. The van der Waals surface area contributed by atoms with E-state index in [1.54, 1.807) is 18.2 Å². The average Bonchev–Trinajstić information content (AvgIpc) is 3.34. The van der Waals surface area contributed by atoms with Crippen molar-refractivity contribution < 1.29 is 24.5 Å². The molecule has 0 aromatic heterocycles. The number of hydrogen-bond acceptors (Lipinski definition) is 5. The summed E-state index contributed by atoms with van der Waals surface area (Å²) in [7, 11) is 0. The first-order valence-corrected chi connectivity index (χ1v) is 7.17. The number of rotatable bonds is 2. The molecule has 0 saturated carbocycles. The molecule has 0 spiro atoms. The van der Waals surface area contributed by atoms with Gasteiger partial charge in [0.2, 0.25) is 0 Å². The van der Waals surface area contributed by atoms with Crippen LogP contribution in [0.4, 0.5) is 0 Å². The summed E-state index contributed by atoms with van der Waals surface area (Å²) in [5.41, 5.74) is 0.161. The molecule has 3 N–H and O–H groups in total. The van der Waals surface area contributed by atoms with Crippen LogP contribution in [0.2, 0.25) is 0 Å². The highest BCUT2D eigenvalue weighted by atomic mass is 16.6. The second kappa shape index (κ2) is 4.91. The van der Waals surface area contributed by atoms with E-state index in [2.05, 4.69) is 5.32 Å². The quantitative estimate of drug-likeness (QED) is 0.715. The predicted octanol–water partition coefficient (Wildman–Crippen LogP) is 0.870. The number of nitrogens with one attached hydrogen (secondary N) is 1. The zero-order valence-corrected chi connectivity index (χ0v) is 11.9. The van der Waals surface area contributed by atoms with Gasteiger partial charge in [-0.05, 0) is 11.5 Å². The van der Waals surface area contributed by atoms with Crippen molar-refractivity contribution >= 4 is 22.5 Å². The van der Waals surface area contributed by atoms with Crippen molar-refractivity contribution in [1.29, 1.82) is 0 Å². The molecule has 2 aromatic rings. The summed E-state index contributed by atoms with van der Waals surface area (Å²) in [5, 5.41) is 24.2. The smallest absolute Gasteiger partial charge is 0.259 e. The summed E-state index contributed by atoms with van der Waals surface area (Å²) < 4.78 is 5.05. The topological polar surface area (TPSA) is 99.2 Å². The van der Waals surface area contributed by atoms with Crippen molar-refractivity contribution in [2.75, 3.05) is 0 Å². The Labute approximate surface area is 131 Å². The molecule has 1 aliphatic heterocycles. The minimum atomic E-state index is -1.05. The number of aliphatic hydroxyl groups excluding tert-OH is 1. The van der Waals surface area contributed by atoms with Crippen LogP contribution in [0.15, 0.2) is 48.2 Å². The van der Waals surface area contributed by atoms with E-state index in [1.807, 2.05) is 12.1 Å². The molecule has 2 aromatic carbocycles. The number of aliphatic hydroxyl groups is 1. The largest absolute Gasteiger partial charge is 0.506 e. The van der Waals surface area contributed by atoms with Gasteiger partial charge < -0.3 is 20.3 Å². The molecular weight excluding hydrogens is 298 g/mol. The monoisotopic (exact) mass is 311 g/mol.